The van der Waals surface area contributed by atoms with Gasteiger partial charge in [0.15, 0.2) is 5.82 Å². The van der Waals surface area contributed by atoms with Crippen LogP contribution >= 0.6 is 11.6 Å². The van der Waals surface area contributed by atoms with E-state index in [1.54, 1.807) is 0 Å². The van der Waals surface area contributed by atoms with Gasteiger partial charge in [-0.3, -0.25) is 4.79 Å². The molecule has 0 fully saturated rings. The number of nitrogens with two attached hydrogens (primary N) is 1. The Bertz CT molecular complexity index is 1430. The summed E-state index contributed by atoms with van der Waals surface area (Å²) in [6.45, 7) is 4.18. The van der Waals surface area contributed by atoms with Crippen LogP contribution in [0.5, 0.6) is 0 Å². The van der Waals surface area contributed by atoms with Gasteiger partial charge in [-0.05, 0) is 49.2 Å². The number of carbonyl (C=O) groups is 1. The van der Waals surface area contributed by atoms with Crippen molar-refractivity contribution < 1.29 is 9.32 Å². The third-order valence-corrected chi connectivity index (χ3v) is 5.55. The van der Waals surface area contributed by atoms with Crippen molar-refractivity contribution in [2.24, 2.45) is 5.73 Å². The molecule has 0 aliphatic rings. The van der Waals surface area contributed by atoms with Gasteiger partial charge >= 0.3 is 0 Å². The molecule has 0 radical (unpaired) electrons. The first-order valence-electron chi connectivity index (χ1n) is 10.8. The number of benzene rings is 2. The van der Waals surface area contributed by atoms with E-state index < -0.39 is 5.91 Å². The van der Waals surface area contributed by atoms with E-state index in [9.17, 15) is 4.79 Å². The number of fused-ring (bicyclic) bond motifs is 1. The molecule has 0 bridgehead atoms. The Morgan fingerprint density at radius 2 is 2.03 bits per heavy atom. The van der Waals surface area contributed by atoms with Crippen LogP contribution in [0.2, 0.25) is 5.02 Å². The van der Waals surface area contributed by atoms with Crippen molar-refractivity contribution in [1.82, 2.24) is 20.4 Å². The van der Waals surface area contributed by atoms with Crippen molar-refractivity contribution in [3.63, 3.8) is 0 Å². The number of primary amides is 1. The summed E-state index contributed by atoms with van der Waals surface area (Å²) in [6, 6.07) is 13.4. The number of nitrogens with zero attached hydrogens (tertiary/aromatic N) is 3. The summed E-state index contributed by atoms with van der Waals surface area (Å²) in [4.78, 5) is 20.4. The van der Waals surface area contributed by atoms with Gasteiger partial charge in [0.1, 0.15) is 11.6 Å². The molecule has 0 unspecified atom stereocenters. The topological polar surface area (TPSA) is 143 Å². The lowest BCUT2D eigenvalue weighted by atomic mass is 10.0. The number of halogens is 1. The molecule has 9 nitrogen and oxygen atoms in total. The molecule has 5 N–H and O–H groups in total. The molecule has 0 spiro atoms. The van der Waals surface area contributed by atoms with Gasteiger partial charge in [-0.1, -0.05) is 35.0 Å². The number of amides is 1. The molecule has 2 heterocycles. The molecule has 0 atom stereocenters. The van der Waals surface area contributed by atoms with Crippen LogP contribution in [-0.4, -0.2) is 33.8 Å². The summed E-state index contributed by atoms with van der Waals surface area (Å²) in [5.41, 5.74) is 9.90. The van der Waals surface area contributed by atoms with E-state index in [1.807, 2.05) is 56.3 Å². The van der Waals surface area contributed by atoms with Crippen LogP contribution in [0.1, 0.15) is 22.8 Å². The summed E-state index contributed by atoms with van der Waals surface area (Å²) in [7, 11) is 0. The Labute approximate surface area is 206 Å². The van der Waals surface area contributed by atoms with Crippen LogP contribution in [0.4, 0.5) is 5.82 Å². The highest BCUT2D eigenvalue weighted by Crippen LogP contribution is 2.32. The largest absolute Gasteiger partial charge is 0.382 e. The fourth-order valence-corrected chi connectivity index (χ4v) is 3.92. The van der Waals surface area contributed by atoms with Crippen molar-refractivity contribution >= 4 is 46.0 Å². The summed E-state index contributed by atoms with van der Waals surface area (Å²) in [5.74, 6) is 1.12. The van der Waals surface area contributed by atoms with E-state index in [2.05, 4.69) is 20.8 Å². The molecule has 178 valence electrons. The molecular formula is C25H24ClN7O2. The first-order chi connectivity index (χ1) is 16.9. The maximum Gasteiger partial charge on any atom is 0.236 e. The Balaban J connectivity index is 1.80. The SMILES string of the molecule is Cc1noc(C)c1-c1ccc2nc(/C(C=N)=C/NCC(N)=O)nc(NCc3cccc(Cl)c3)c2c1. The lowest BCUT2D eigenvalue weighted by Crippen LogP contribution is -2.25. The number of hydrogen-bond donors (Lipinski definition) is 4. The molecule has 10 heteroatoms. The molecule has 0 aliphatic heterocycles. The smallest absolute Gasteiger partial charge is 0.236 e. The highest BCUT2D eigenvalue weighted by atomic mass is 35.5. The Hall–Kier alpha value is -4.24. The van der Waals surface area contributed by atoms with Crippen molar-refractivity contribution in [3.05, 3.63) is 76.5 Å². The first-order valence-corrected chi connectivity index (χ1v) is 11.2. The molecular weight excluding hydrogens is 466 g/mol. The van der Waals surface area contributed by atoms with E-state index in [0.717, 1.165) is 39.7 Å². The van der Waals surface area contributed by atoms with Crippen molar-refractivity contribution in [3.8, 4) is 11.1 Å². The number of nitrogens with one attached hydrogen (secondary N) is 3. The highest BCUT2D eigenvalue weighted by Gasteiger charge is 2.16. The van der Waals surface area contributed by atoms with Crippen LogP contribution < -0.4 is 16.4 Å². The molecule has 4 aromatic rings. The maximum absolute atomic E-state index is 11.1. The average Bonchev–Trinajstić information content (AvgIpc) is 3.17. The summed E-state index contributed by atoms with van der Waals surface area (Å²) < 4.78 is 5.35. The van der Waals surface area contributed by atoms with Gasteiger partial charge in [0.25, 0.3) is 0 Å². The van der Waals surface area contributed by atoms with Gasteiger partial charge in [-0.25, -0.2) is 9.97 Å². The van der Waals surface area contributed by atoms with E-state index in [-0.39, 0.29) is 6.54 Å². The molecule has 2 aromatic carbocycles. The molecule has 4 rings (SSSR count). The second-order valence-corrected chi connectivity index (χ2v) is 8.34. The number of allylic oxidation sites excluding steroid dienone is 1. The number of rotatable bonds is 9. The van der Waals surface area contributed by atoms with Crippen LogP contribution in [0, 0.1) is 19.3 Å². The fraction of sp³-hybridized carbons (Fsp3) is 0.160. The van der Waals surface area contributed by atoms with Gasteiger partial charge in [-0.15, -0.1) is 0 Å². The number of aryl methyl sites for hydroxylation is 2. The van der Waals surface area contributed by atoms with E-state index in [4.69, 9.17) is 32.3 Å². The van der Waals surface area contributed by atoms with Gasteiger partial charge in [0.2, 0.25) is 5.91 Å². The quantitative estimate of drug-likeness (QED) is 0.257. The Kier molecular flexibility index (Phi) is 7.07. The van der Waals surface area contributed by atoms with E-state index in [1.165, 1.54) is 6.20 Å². The Morgan fingerprint density at radius 1 is 1.20 bits per heavy atom. The van der Waals surface area contributed by atoms with Gasteiger partial charge in [0, 0.05) is 34.9 Å². The van der Waals surface area contributed by atoms with Crippen LogP contribution in [-0.2, 0) is 11.3 Å². The highest BCUT2D eigenvalue weighted by molar-refractivity contribution is 6.30. The standard InChI is InChI=1S/C25H24ClN7O2/c1-14-23(15(2)35-33-14)17-6-7-21-20(9-17)25(30-11-16-4-3-5-19(26)8-16)32-24(31-21)18(10-27)12-29-13-22(28)34/h3-10,12,27,29H,11,13H2,1-2H3,(H2,28,34)(H,30,31,32)/b18-12+,27-10?. The third-order valence-electron chi connectivity index (χ3n) is 5.31. The van der Waals surface area contributed by atoms with Crippen molar-refractivity contribution in [2.45, 2.75) is 20.4 Å². The summed E-state index contributed by atoms with van der Waals surface area (Å²) in [5, 5.41) is 19.5. The minimum absolute atomic E-state index is 0.0639. The second kappa shape index (κ2) is 10.4. The summed E-state index contributed by atoms with van der Waals surface area (Å²) in [6.07, 6.45) is 2.62. The monoisotopic (exact) mass is 489 g/mol. The molecule has 0 saturated carbocycles. The number of hydrogen-bond acceptors (Lipinski definition) is 8. The van der Waals surface area contributed by atoms with E-state index in [0.29, 0.717) is 34.3 Å². The Morgan fingerprint density at radius 3 is 2.71 bits per heavy atom. The summed E-state index contributed by atoms with van der Waals surface area (Å²) >= 11 is 6.14. The molecule has 1 amide bonds. The predicted octanol–water partition coefficient (Wildman–Crippen LogP) is 4.23. The average molecular weight is 490 g/mol. The first kappa shape index (κ1) is 23.9. The van der Waals surface area contributed by atoms with Crippen LogP contribution in [0.15, 0.2) is 53.2 Å². The van der Waals surface area contributed by atoms with Crippen molar-refractivity contribution in [2.75, 3.05) is 11.9 Å². The van der Waals surface area contributed by atoms with Gasteiger partial charge < -0.3 is 26.3 Å². The number of carbonyl (C=O) groups excluding carboxylic acids is 1. The van der Waals surface area contributed by atoms with Crippen LogP contribution in [0.25, 0.3) is 27.6 Å². The van der Waals surface area contributed by atoms with Crippen molar-refractivity contribution in [1.29, 1.82) is 5.41 Å². The number of aromatic nitrogens is 3. The zero-order valence-corrected chi connectivity index (χ0v) is 20.0. The van der Waals surface area contributed by atoms with Gasteiger partial charge in [-0.2, -0.15) is 0 Å². The zero-order valence-electron chi connectivity index (χ0n) is 19.2. The maximum atomic E-state index is 11.1. The van der Waals surface area contributed by atoms with Gasteiger partial charge in [0.05, 0.1) is 23.3 Å². The minimum Gasteiger partial charge on any atom is -0.382 e. The third kappa shape index (κ3) is 5.47. The molecule has 0 aliphatic carbocycles. The molecule has 0 saturated heterocycles. The van der Waals surface area contributed by atoms with E-state index >= 15 is 0 Å². The zero-order chi connectivity index (χ0) is 24.9. The fourth-order valence-electron chi connectivity index (χ4n) is 3.71. The molecule has 2 aromatic heterocycles. The van der Waals surface area contributed by atoms with Crippen LogP contribution in [0.3, 0.4) is 0 Å². The molecule has 35 heavy (non-hydrogen) atoms. The lowest BCUT2D eigenvalue weighted by molar-refractivity contribution is -0.117. The minimum atomic E-state index is -0.513. The second-order valence-electron chi connectivity index (χ2n) is 7.90. The number of anilines is 1. The normalized spacial score (nSPS) is 11.5. The lowest BCUT2D eigenvalue weighted by Gasteiger charge is -2.13. The predicted molar refractivity (Wildman–Crippen MR) is 137 cm³/mol.